The Balaban J connectivity index is 1.58. The van der Waals surface area contributed by atoms with Crippen LogP contribution in [0.15, 0.2) is 65.8 Å². The van der Waals surface area contributed by atoms with Gasteiger partial charge in [-0.15, -0.1) is 0 Å². The Hall–Kier alpha value is -2.33. The number of anilines is 1. The molecule has 0 bridgehead atoms. The Morgan fingerprint density at radius 1 is 0.864 bits per heavy atom. The third-order valence-corrected chi connectivity index (χ3v) is 4.09. The first-order valence-corrected chi connectivity index (χ1v) is 7.65. The zero-order valence-corrected chi connectivity index (χ0v) is 12.6. The molecular formula is C18H21N3O. The number of benzene rings is 2. The van der Waals surface area contributed by atoms with Gasteiger partial charge in [0.25, 0.3) is 0 Å². The predicted molar refractivity (Wildman–Crippen MR) is 89.9 cm³/mol. The molecule has 1 N–H and O–H groups in total. The van der Waals surface area contributed by atoms with Crippen LogP contribution in [0.1, 0.15) is 5.56 Å². The van der Waals surface area contributed by atoms with Crippen molar-refractivity contribution in [1.29, 1.82) is 0 Å². The maximum atomic E-state index is 9.29. The highest BCUT2D eigenvalue weighted by molar-refractivity contribution is 6.01. The average Bonchev–Trinajstić information content (AvgIpc) is 2.62. The standard InChI is InChI=1S/C18H21N3O/c22-19-18(16-7-3-1-4-8-16)15-20-11-13-21(14-12-20)17-9-5-2-6-10-17/h1-10,22H,11-15H2/b19-18+. The molecule has 3 rings (SSSR count). The first-order valence-electron chi connectivity index (χ1n) is 7.65. The lowest BCUT2D eigenvalue weighted by Gasteiger charge is -2.36. The molecule has 1 aliphatic heterocycles. The molecule has 1 fully saturated rings. The van der Waals surface area contributed by atoms with E-state index < -0.39 is 0 Å². The van der Waals surface area contributed by atoms with Gasteiger partial charge in [0.1, 0.15) is 5.71 Å². The molecule has 2 aromatic rings. The minimum absolute atomic E-state index is 0.684. The van der Waals surface area contributed by atoms with Crippen LogP contribution < -0.4 is 4.90 Å². The molecule has 0 atom stereocenters. The molecule has 0 aliphatic carbocycles. The fourth-order valence-corrected chi connectivity index (χ4v) is 2.83. The normalized spacial score (nSPS) is 16.7. The van der Waals surface area contributed by atoms with Crippen molar-refractivity contribution in [3.8, 4) is 0 Å². The molecule has 1 heterocycles. The molecular weight excluding hydrogens is 274 g/mol. The first kappa shape index (κ1) is 14.6. The first-order chi connectivity index (χ1) is 10.9. The van der Waals surface area contributed by atoms with Gasteiger partial charge in [0.2, 0.25) is 0 Å². The van der Waals surface area contributed by atoms with Crippen molar-refractivity contribution in [2.75, 3.05) is 37.6 Å². The van der Waals surface area contributed by atoms with Crippen molar-refractivity contribution in [3.05, 3.63) is 66.2 Å². The van der Waals surface area contributed by atoms with Crippen molar-refractivity contribution >= 4 is 11.4 Å². The summed E-state index contributed by atoms with van der Waals surface area (Å²) in [4.78, 5) is 4.73. The van der Waals surface area contributed by atoms with Gasteiger partial charge in [-0.3, -0.25) is 4.90 Å². The maximum Gasteiger partial charge on any atom is 0.101 e. The molecule has 22 heavy (non-hydrogen) atoms. The number of nitrogens with zero attached hydrogens (tertiary/aromatic N) is 3. The molecule has 0 unspecified atom stereocenters. The quantitative estimate of drug-likeness (QED) is 0.535. The largest absolute Gasteiger partial charge is 0.411 e. The third-order valence-electron chi connectivity index (χ3n) is 4.09. The molecule has 4 nitrogen and oxygen atoms in total. The van der Waals surface area contributed by atoms with Crippen LogP contribution in [0.25, 0.3) is 0 Å². The predicted octanol–water partition coefficient (Wildman–Crippen LogP) is 2.69. The summed E-state index contributed by atoms with van der Waals surface area (Å²) in [6, 6.07) is 20.4. The number of rotatable bonds is 4. The molecule has 0 saturated carbocycles. The summed E-state index contributed by atoms with van der Waals surface area (Å²) in [7, 11) is 0. The lowest BCUT2D eigenvalue weighted by molar-refractivity contribution is 0.280. The van der Waals surface area contributed by atoms with Crippen LogP contribution in [0.5, 0.6) is 0 Å². The maximum absolute atomic E-state index is 9.29. The summed E-state index contributed by atoms with van der Waals surface area (Å²) in [6.07, 6.45) is 0. The number of hydrogen-bond acceptors (Lipinski definition) is 4. The van der Waals surface area contributed by atoms with E-state index in [0.717, 1.165) is 37.5 Å². The smallest absolute Gasteiger partial charge is 0.101 e. The van der Waals surface area contributed by atoms with E-state index in [9.17, 15) is 5.21 Å². The van der Waals surface area contributed by atoms with Gasteiger partial charge in [-0.05, 0) is 12.1 Å². The topological polar surface area (TPSA) is 39.1 Å². The second-order valence-corrected chi connectivity index (χ2v) is 5.51. The van der Waals surface area contributed by atoms with Crippen molar-refractivity contribution in [3.63, 3.8) is 0 Å². The van der Waals surface area contributed by atoms with Gasteiger partial charge in [-0.2, -0.15) is 0 Å². The molecule has 1 aliphatic rings. The Labute approximate surface area is 131 Å². The van der Waals surface area contributed by atoms with Gasteiger partial charge in [0, 0.05) is 44.0 Å². The van der Waals surface area contributed by atoms with Gasteiger partial charge < -0.3 is 10.1 Å². The Bertz CT molecular complexity index is 605. The van der Waals surface area contributed by atoms with E-state index in [2.05, 4.69) is 39.2 Å². The summed E-state index contributed by atoms with van der Waals surface area (Å²) >= 11 is 0. The zero-order valence-electron chi connectivity index (χ0n) is 12.6. The fraction of sp³-hybridized carbons (Fsp3) is 0.278. The highest BCUT2D eigenvalue weighted by Gasteiger charge is 2.19. The van der Waals surface area contributed by atoms with Crippen molar-refractivity contribution < 1.29 is 5.21 Å². The second kappa shape index (κ2) is 7.09. The van der Waals surface area contributed by atoms with E-state index in [4.69, 9.17) is 0 Å². The number of para-hydroxylation sites is 1. The summed E-state index contributed by atoms with van der Waals surface area (Å²) in [5.74, 6) is 0. The van der Waals surface area contributed by atoms with Crippen LogP contribution in [0.2, 0.25) is 0 Å². The highest BCUT2D eigenvalue weighted by Crippen LogP contribution is 2.15. The molecule has 1 saturated heterocycles. The van der Waals surface area contributed by atoms with Crippen molar-refractivity contribution in [2.45, 2.75) is 0 Å². The zero-order chi connectivity index (χ0) is 15.2. The monoisotopic (exact) mass is 295 g/mol. The summed E-state index contributed by atoms with van der Waals surface area (Å²) in [6.45, 7) is 4.62. The minimum Gasteiger partial charge on any atom is -0.411 e. The summed E-state index contributed by atoms with van der Waals surface area (Å²) in [5, 5.41) is 12.8. The molecule has 4 heteroatoms. The second-order valence-electron chi connectivity index (χ2n) is 5.51. The highest BCUT2D eigenvalue weighted by atomic mass is 16.4. The molecule has 114 valence electrons. The average molecular weight is 295 g/mol. The number of hydrogen-bond donors (Lipinski definition) is 1. The van der Waals surface area contributed by atoms with E-state index in [-0.39, 0.29) is 0 Å². The summed E-state index contributed by atoms with van der Waals surface area (Å²) < 4.78 is 0. The van der Waals surface area contributed by atoms with Gasteiger partial charge in [-0.1, -0.05) is 53.7 Å². The van der Waals surface area contributed by atoms with E-state index >= 15 is 0 Å². The molecule has 0 spiro atoms. The van der Waals surface area contributed by atoms with Crippen LogP contribution in [0.3, 0.4) is 0 Å². The Morgan fingerprint density at radius 2 is 1.45 bits per heavy atom. The van der Waals surface area contributed by atoms with Crippen LogP contribution >= 0.6 is 0 Å². The fourth-order valence-electron chi connectivity index (χ4n) is 2.83. The van der Waals surface area contributed by atoms with Gasteiger partial charge in [-0.25, -0.2) is 0 Å². The van der Waals surface area contributed by atoms with Crippen LogP contribution in [-0.2, 0) is 0 Å². The van der Waals surface area contributed by atoms with E-state index in [1.807, 2.05) is 36.4 Å². The van der Waals surface area contributed by atoms with Gasteiger partial charge in [0.05, 0.1) is 0 Å². The molecule has 0 radical (unpaired) electrons. The van der Waals surface area contributed by atoms with Gasteiger partial charge in [0.15, 0.2) is 0 Å². The molecule has 0 aromatic heterocycles. The lowest BCUT2D eigenvalue weighted by atomic mass is 10.1. The number of piperazine rings is 1. The van der Waals surface area contributed by atoms with E-state index in [1.165, 1.54) is 5.69 Å². The molecule has 0 amide bonds. The van der Waals surface area contributed by atoms with Crippen LogP contribution in [0, 0.1) is 0 Å². The van der Waals surface area contributed by atoms with Crippen molar-refractivity contribution in [1.82, 2.24) is 4.90 Å². The molecule has 2 aromatic carbocycles. The Morgan fingerprint density at radius 3 is 2.05 bits per heavy atom. The summed E-state index contributed by atoms with van der Waals surface area (Å²) in [5.41, 5.74) is 2.99. The van der Waals surface area contributed by atoms with E-state index in [1.54, 1.807) is 0 Å². The van der Waals surface area contributed by atoms with Gasteiger partial charge >= 0.3 is 0 Å². The van der Waals surface area contributed by atoms with Crippen LogP contribution in [0.4, 0.5) is 5.69 Å². The van der Waals surface area contributed by atoms with Crippen LogP contribution in [-0.4, -0.2) is 48.5 Å². The number of oxime groups is 1. The van der Waals surface area contributed by atoms with Crippen molar-refractivity contribution in [2.24, 2.45) is 5.16 Å². The Kier molecular flexibility index (Phi) is 4.71. The SMILES string of the molecule is O/N=C(\CN1CCN(c2ccccc2)CC1)c1ccccc1. The minimum atomic E-state index is 0.684. The van der Waals surface area contributed by atoms with E-state index in [0.29, 0.717) is 6.54 Å². The third kappa shape index (κ3) is 3.46. The lowest BCUT2D eigenvalue weighted by Crippen LogP contribution is -2.48.